The van der Waals surface area contributed by atoms with E-state index in [1.54, 1.807) is 11.8 Å². The minimum atomic E-state index is -0.311. The predicted molar refractivity (Wildman–Crippen MR) is 83.4 cm³/mol. The summed E-state index contributed by atoms with van der Waals surface area (Å²) < 4.78 is 18.1. The fraction of sp³-hybridized carbons (Fsp3) is 0.188. The van der Waals surface area contributed by atoms with Gasteiger partial charge in [-0.3, -0.25) is 4.79 Å². The van der Waals surface area contributed by atoms with E-state index in [0.717, 1.165) is 10.6 Å². The molecule has 0 unspecified atom stereocenters. The van der Waals surface area contributed by atoms with Crippen LogP contribution >= 0.6 is 11.8 Å². The van der Waals surface area contributed by atoms with E-state index < -0.39 is 0 Å². The van der Waals surface area contributed by atoms with Crippen molar-refractivity contribution in [2.45, 2.75) is 11.3 Å². The van der Waals surface area contributed by atoms with Crippen molar-refractivity contribution >= 4 is 23.4 Å². The minimum Gasteiger partial charge on any atom is -0.493 e. The van der Waals surface area contributed by atoms with Gasteiger partial charge in [-0.15, -0.1) is 11.8 Å². The van der Waals surface area contributed by atoms with Crippen molar-refractivity contribution in [2.75, 3.05) is 18.2 Å². The molecule has 3 nitrogen and oxygen atoms in total. The Morgan fingerprint density at radius 2 is 1.81 bits per heavy atom. The third-order valence-corrected chi connectivity index (χ3v) is 3.53. The van der Waals surface area contributed by atoms with Crippen molar-refractivity contribution in [3.63, 3.8) is 0 Å². The molecule has 1 amide bonds. The molecule has 0 aromatic heterocycles. The first-order chi connectivity index (χ1) is 10.2. The third-order valence-electron chi connectivity index (χ3n) is 2.79. The molecule has 2 rings (SSSR count). The highest BCUT2D eigenvalue weighted by Gasteiger charge is 2.03. The molecule has 5 heteroatoms. The number of nitrogens with one attached hydrogen (secondary N) is 1. The molecule has 0 aliphatic carbocycles. The molecule has 110 valence electrons. The molecule has 0 aliphatic rings. The summed E-state index contributed by atoms with van der Waals surface area (Å²) in [7, 11) is 0. The number of hydrogen-bond donors (Lipinski definition) is 1. The predicted octanol–water partition coefficient (Wildman–Crippen LogP) is 3.96. The van der Waals surface area contributed by atoms with E-state index >= 15 is 0 Å². The first-order valence-corrected chi connectivity index (χ1v) is 7.72. The number of anilines is 1. The van der Waals surface area contributed by atoms with Crippen LogP contribution in [0.5, 0.6) is 5.75 Å². The van der Waals surface area contributed by atoms with Crippen LogP contribution in [-0.4, -0.2) is 18.8 Å². The summed E-state index contributed by atoms with van der Waals surface area (Å²) in [6.45, 7) is 0.250. The molecule has 0 atom stereocenters. The average Bonchev–Trinajstić information content (AvgIpc) is 2.50. The second-order valence-electron chi connectivity index (χ2n) is 4.33. The molecular weight excluding hydrogens is 289 g/mol. The Morgan fingerprint density at radius 3 is 2.43 bits per heavy atom. The number of thioether (sulfide) groups is 1. The minimum absolute atomic E-state index is 0.117. The molecule has 0 radical (unpaired) electrons. The molecule has 2 aromatic rings. The highest BCUT2D eigenvalue weighted by atomic mass is 32.2. The maximum Gasteiger partial charge on any atom is 0.227 e. The standard InChI is InChI=1S/C16H16FNO2S/c1-21-15-8-4-13(5-9-15)18-16(19)10-11-20-14-6-2-12(17)3-7-14/h2-9H,10-11H2,1H3,(H,18,19). The van der Waals surface area contributed by atoms with Gasteiger partial charge >= 0.3 is 0 Å². The normalized spacial score (nSPS) is 10.2. The van der Waals surface area contributed by atoms with Gasteiger partial charge in [0.15, 0.2) is 0 Å². The Morgan fingerprint density at radius 1 is 1.14 bits per heavy atom. The summed E-state index contributed by atoms with van der Waals surface area (Å²) in [5.41, 5.74) is 0.764. The van der Waals surface area contributed by atoms with Gasteiger partial charge in [-0.05, 0) is 54.8 Å². The lowest BCUT2D eigenvalue weighted by molar-refractivity contribution is -0.116. The van der Waals surface area contributed by atoms with Gasteiger partial charge in [-0.1, -0.05) is 0 Å². The average molecular weight is 305 g/mol. The lowest BCUT2D eigenvalue weighted by Gasteiger charge is -2.07. The van der Waals surface area contributed by atoms with Crippen LogP contribution in [0.15, 0.2) is 53.4 Å². The van der Waals surface area contributed by atoms with Crippen molar-refractivity contribution in [1.82, 2.24) is 0 Å². The smallest absolute Gasteiger partial charge is 0.227 e. The van der Waals surface area contributed by atoms with E-state index in [9.17, 15) is 9.18 Å². The van der Waals surface area contributed by atoms with Crippen molar-refractivity contribution in [3.8, 4) is 5.75 Å². The van der Waals surface area contributed by atoms with Gasteiger partial charge in [0.05, 0.1) is 13.0 Å². The Balaban J connectivity index is 1.75. The van der Waals surface area contributed by atoms with Crippen LogP contribution in [0.3, 0.4) is 0 Å². The van der Waals surface area contributed by atoms with Gasteiger partial charge in [0, 0.05) is 10.6 Å². The maximum absolute atomic E-state index is 12.7. The zero-order valence-electron chi connectivity index (χ0n) is 11.6. The van der Waals surface area contributed by atoms with Crippen LogP contribution in [0, 0.1) is 5.82 Å². The number of amides is 1. The maximum atomic E-state index is 12.7. The largest absolute Gasteiger partial charge is 0.493 e. The fourth-order valence-electron chi connectivity index (χ4n) is 1.69. The van der Waals surface area contributed by atoms with Crippen molar-refractivity contribution in [1.29, 1.82) is 0 Å². The van der Waals surface area contributed by atoms with Crippen molar-refractivity contribution in [3.05, 3.63) is 54.3 Å². The molecule has 1 N–H and O–H groups in total. The molecule has 0 aliphatic heterocycles. The molecule has 0 saturated carbocycles. The summed E-state index contributed by atoms with van der Waals surface area (Å²) in [5, 5.41) is 2.80. The molecule has 0 fully saturated rings. The summed E-state index contributed by atoms with van der Waals surface area (Å²) in [6, 6.07) is 13.4. The van der Waals surface area contributed by atoms with Gasteiger partial charge in [0.1, 0.15) is 11.6 Å². The van der Waals surface area contributed by atoms with Crippen molar-refractivity contribution < 1.29 is 13.9 Å². The summed E-state index contributed by atoms with van der Waals surface area (Å²) >= 11 is 1.65. The van der Waals surface area contributed by atoms with E-state index in [1.165, 1.54) is 24.3 Å². The molecule has 0 heterocycles. The molecule has 0 spiro atoms. The van der Waals surface area contributed by atoms with Crippen LogP contribution < -0.4 is 10.1 Å². The number of benzene rings is 2. The molecule has 0 bridgehead atoms. The summed E-state index contributed by atoms with van der Waals surface area (Å²) in [6.07, 6.45) is 2.24. The molecule has 2 aromatic carbocycles. The quantitative estimate of drug-likeness (QED) is 0.821. The Bertz CT molecular complexity index is 584. The van der Waals surface area contributed by atoms with Crippen molar-refractivity contribution in [2.24, 2.45) is 0 Å². The monoisotopic (exact) mass is 305 g/mol. The second-order valence-corrected chi connectivity index (χ2v) is 5.21. The molecule has 21 heavy (non-hydrogen) atoms. The zero-order chi connectivity index (χ0) is 15.1. The number of carbonyl (C=O) groups excluding carboxylic acids is 1. The lowest BCUT2D eigenvalue weighted by Crippen LogP contribution is -2.15. The number of halogens is 1. The first-order valence-electron chi connectivity index (χ1n) is 6.49. The Hall–Kier alpha value is -2.01. The Labute approximate surface area is 127 Å². The fourth-order valence-corrected chi connectivity index (χ4v) is 2.10. The summed E-state index contributed by atoms with van der Waals surface area (Å²) in [4.78, 5) is 12.9. The van der Waals surface area contributed by atoms with Crippen LogP contribution in [0.4, 0.5) is 10.1 Å². The van der Waals surface area contributed by atoms with E-state index in [-0.39, 0.29) is 24.8 Å². The molecular formula is C16H16FNO2S. The number of ether oxygens (including phenoxy) is 1. The van der Waals surface area contributed by atoms with E-state index in [4.69, 9.17) is 4.74 Å². The van der Waals surface area contributed by atoms with Gasteiger partial charge in [-0.2, -0.15) is 0 Å². The van der Waals surface area contributed by atoms with E-state index in [1.807, 2.05) is 30.5 Å². The zero-order valence-corrected chi connectivity index (χ0v) is 12.5. The van der Waals surface area contributed by atoms with Gasteiger partial charge in [0.25, 0.3) is 0 Å². The first kappa shape index (κ1) is 15.4. The van der Waals surface area contributed by atoms with Crippen LogP contribution in [0.2, 0.25) is 0 Å². The highest BCUT2D eigenvalue weighted by Crippen LogP contribution is 2.17. The topological polar surface area (TPSA) is 38.3 Å². The Kier molecular flexibility index (Phi) is 5.63. The van der Waals surface area contributed by atoms with Gasteiger partial charge in [-0.25, -0.2) is 4.39 Å². The summed E-state index contributed by atoms with van der Waals surface area (Å²) in [5.74, 6) is 0.122. The lowest BCUT2D eigenvalue weighted by atomic mass is 10.3. The van der Waals surface area contributed by atoms with Gasteiger partial charge in [0.2, 0.25) is 5.91 Å². The highest BCUT2D eigenvalue weighted by molar-refractivity contribution is 7.98. The number of carbonyl (C=O) groups is 1. The third kappa shape index (κ3) is 5.11. The number of rotatable bonds is 6. The second kappa shape index (κ2) is 7.69. The van der Waals surface area contributed by atoms with Gasteiger partial charge < -0.3 is 10.1 Å². The van der Waals surface area contributed by atoms with Crippen LogP contribution in [0.25, 0.3) is 0 Å². The van der Waals surface area contributed by atoms with E-state index in [0.29, 0.717) is 5.75 Å². The van der Waals surface area contributed by atoms with E-state index in [2.05, 4.69) is 5.32 Å². The number of hydrogen-bond acceptors (Lipinski definition) is 3. The SMILES string of the molecule is CSc1ccc(NC(=O)CCOc2ccc(F)cc2)cc1. The van der Waals surface area contributed by atoms with Crippen LogP contribution in [0.1, 0.15) is 6.42 Å². The molecule has 0 saturated heterocycles. The van der Waals surface area contributed by atoms with Crippen LogP contribution in [-0.2, 0) is 4.79 Å².